The van der Waals surface area contributed by atoms with Crippen molar-refractivity contribution in [1.82, 2.24) is 15.5 Å². The molecule has 1 aliphatic heterocycles. The maximum Gasteiger partial charge on any atom is 0.407 e. The first-order chi connectivity index (χ1) is 19.8. The second-order valence-electron chi connectivity index (χ2n) is 10.7. The number of alkyl carbamates (subject to hydrolysis) is 1. The van der Waals surface area contributed by atoms with Crippen LogP contribution in [0.2, 0.25) is 0 Å². The van der Waals surface area contributed by atoms with Gasteiger partial charge in [0.05, 0.1) is 6.10 Å². The van der Waals surface area contributed by atoms with Crippen LogP contribution in [0.25, 0.3) is 11.1 Å². The number of carbonyl (C=O) groups excluding carboxylic acids is 2. The molecule has 2 aliphatic rings. The highest BCUT2D eigenvalue weighted by molar-refractivity contribution is 5.92. The van der Waals surface area contributed by atoms with Gasteiger partial charge >= 0.3 is 12.1 Å². The van der Waals surface area contributed by atoms with Crippen molar-refractivity contribution in [2.75, 3.05) is 26.8 Å². The number of nitrogens with zero attached hydrogens (tertiary/aromatic N) is 1. The number of hydrogen-bond donors (Lipinski definition) is 3. The third kappa shape index (κ3) is 5.96. The monoisotopic (exact) mass is 557 g/mol. The van der Waals surface area contributed by atoms with Gasteiger partial charge in [0.1, 0.15) is 12.6 Å². The smallest absolute Gasteiger partial charge is 0.407 e. The minimum Gasteiger partial charge on any atom is -0.479 e. The molecule has 1 fully saturated rings. The lowest BCUT2D eigenvalue weighted by atomic mass is 9.97. The Bertz CT molecular complexity index is 1370. The number of amides is 2. The molecule has 2 amide bonds. The second-order valence-corrected chi connectivity index (χ2v) is 10.7. The molecule has 0 bridgehead atoms. The Morgan fingerprint density at radius 3 is 2.20 bits per heavy atom. The van der Waals surface area contributed by atoms with Crippen molar-refractivity contribution in [3.8, 4) is 11.1 Å². The van der Waals surface area contributed by atoms with E-state index >= 15 is 0 Å². The van der Waals surface area contributed by atoms with Crippen LogP contribution in [0.1, 0.15) is 36.0 Å². The predicted molar refractivity (Wildman–Crippen MR) is 153 cm³/mol. The fourth-order valence-electron chi connectivity index (χ4n) is 5.81. The summed E-state index contributed by atoms with van der Waals surface area (Å²) in [4.78, 5) is 40.8. The molecule has 0 aromatic heterocycles. The van der Waals surface area contributed by atoms with Crippen molar-refractivity contribution >= 4 is 18.0 Å². The molecule has 9 heteroatoms. The highest BCUT2D eigenvalue weighted by Crippen LogP contribution is 2.44. The molecular weight excluding hydrogens is 522 g/mol. The Kier molecular flexibility index (Phi) is 8.37. The molecule has 1 heterocycles. The number of benzene rings is 3. The lowest BCUT2D eigenvalue weighted by Gasteiger charge is -2.30. The zero-order valence-corrected chi connectivity index (χ0v) is 23.2. The van der Waals surface area contributed by atoms with E-state index in [-0.39, 0.29) is 25.5 Å². The average molecular weight is 558 g/mol. The van der Waals surface area contributed by atoms with Crippen molar-refractivity contribution < 1.29 is 29.0 Å². The molecule has 3 atom stereocenters. The molecule has 3 aromatic rings. The fourth-order valence-corrected chi connectivity index (χ4v) is 5.81. The summed E-state index contributed by atoms with van der Waals surface area (Å²) in [5, 5.41) is 15.5. The van der Waals surface area contributed by atoms with Gasteiger partial charge in [-0.2, -0.15) is 0 Å². The van der Waals surface area contributed by atoms with Gasteiger partial charge in [-0.05, 0) is 41.2 Å². The Morgan fingerprint density at radius 1 is 0.976 bits per heavy atom. The number of rotatable bonds is 10. The van der Waals surface area contributed by atoms with E-state index in [1.165, 1.54) is 7.11 Å². The van der Waals surface area contributed by atoms with Crippen molar-refractivity contribution in [3.05, 3.63) is 95.6 Å². The molecule has 1 saturated heterocycles. The molecule has 214 valence electrons. The van der Waals surface area contributed by atoms with Gasteiger partial charge in [-0.3, -0.25) is 9.69 Å². The summed E-state index contributed by atoms with van der Waals surface area (Å²) in [7, 11) is 1.43. The minimum atomic E-state index is -1.49. The minimum absolute atomic E-state index is 0.0864. The van der Waals surface area contributed by atoms with E-state index in [1.807, 2.05) is 71.6 Å². The van der Waals surface area contributed by atoms with Crippen LogP contribution in [0.3, 0.4) is 0 Å². The number of hydrogen-bond acceptors (Lipinski definition) is 6. The molecule has 3 N–H and O–H groups in total. The van der Waals surface area contributed by atoms with Gasteiger partial charge in [-0.15, -0.1) is 0 Å². The van der Waals surface area contributed by atoms with E-state index in [1.54, 1.807) is 6.92 Å². The van der Waals surface area contributed by atoms with Crippen LogP contribution in [0.15, 0.2) is 78.9 Å². The first-order valence-corrected chi connectivity index (χ1v) is 13.8. The van der Waals surface area contributed by atoms with Crippen LogP contribution in [-0.4, -0.2) is 72.5 Å². The number of likely N-dealkylation sites (tertiary alicyclic amines) is 1. The molecule has 0 radical (unpaired) electrons. The molecular formula is C32H35N3O6. The van der Waals surface area contributed by atoms with Gasteiger partial charge in [-0.25, -0.2) is 9.59 Å². The second kappa shape index (κ2) is 12.1. The Morgan fingerprint density at radius 2 is 1.59 bits per heavy atom. The molecule has 41 heavy (non-hydrogen) atoms. The molecule has 3 aromatic carbocycles. The van der Waals surface area contributed by atoms with Crippen molar-refractivity contribution in [2.45, 2.75) is 43.5 Å². The Labute approximate surface area is 239 Å². The number of carboxylic acid groups (broad SMARTS) is 1. The van der Waals surface area contributed by atoms with Crippen LogP contribution in [-0.2, 0) is 25.6 Å². The standard InChI is InChI=1S/C32H35N3O6/c1-21(40-2)28(29(36)34-32(30(37)38)16-17-35(20-32)18-22-10-4-3-5-11-22)33-31(39)41-19-27-25-14-8-6-12-23(25)24-13-7-9-15-26(24)27/h3-15,21,27-28H,16-20H2,1-2H3,(H,33,39)(H,34,36)(H,37,38)/t21-,28+,32?/m1/s1. The third-order valence-corrected chi connectivity index (χ3v) is 8.11. The van der Waals surface area contributed by atoms with Gasteiger partial charge in [0.25, 0.3) is 0 Å². The van der Waals surface area contributed by atoms with Gasteiger partial charge in [0.15, 0.2) is 5.54 Å². The summed E-state index contributed by atoms with van der Waals surface area (Å²) in [6, 6.07) is 24.6. The lowest BCUT2D eigenvalue weighted by Crippen LogP contribution is -2.62. The summed E-state index contributed by atoms with van der Waals surface area (Å²) in [5.74, 6) is -1.90. The third-order valence-electron chi connectivity index (χ3n) is 8.11. The number of aliphatic carboxylic acids is 1. The van der Waals surface area contributed by atoms with Gasteiger partial charge in [0.2, 0.25) is 5.91 Å². The Hall–Kier alpha value is -4.21. The van der Waals surface area contributed by atoms with E-state index in [4.69, 9.17) is 9.47 Å². The highest BCUT2D eigenvalue weighted by Gasteiger charge is 2.47. The fraction of sp³-hybridized carbons (Fsp3) is 0.344. The summed E-state index contributed by atoms with van der Waals surface area (Å²) in [6.07, 6.45) is -1.28. The first-order valence-electron chi connectivity index (χ1n) is 13.8. The topological polar surface area (TPSA) is 117 Å². The maximum absolute atomic E-state index is 13.5. The molecule has 1 unspecified atom stereocenters. The van der Waals surface area contributed by atoms with Gasteiger partial charge in [0, 0.05) is 32.7 Å². The molecule has 1 aliphatic carbocycles. The Balaban J connectivity index is 1.24. The number of methoxy groups -OCH3 is 1. The van der Waals surface area contributed by atoms with Crippen LogP contribution >= 0.6 is 0 Å². The van der Waals surface area contributed by atoms with Crippen LogP contribution in [0.5, 0.6) is 0 Å². The quantitative estimate of drug-likeness (QED) is 0.347. The number of carbonyl (C=O) groups is 3. The lowest BCUT2D eigenvalue weighted by molar-refractivity contribution is -0.148. The number of ether oxygens (including phenoxy) is 2. The van der Waals surface area contributed by atoms with Gasteiger partial charge < -0.3 is 25.2 Å². The van der Waals surface area contributed by atoms with E-state index in [0.29, 0.717) is 13.1 Å². The summed E-state index contributed by atoms with van der Waals surface area (Å²) < 4.78 is 11.0. The number of carboxylic acids is 1. The van der Waals surface area contributed by atoms with E-state index in [2.05, 4.69) is 22.8 Å². The summed E-state index contributed by atoms with van der Waals surface area (Å²) in [6.45, 7) is 2.94. The van der Waals surface area contributed by atoms with E-state index in [0.717, 1.165) is 27.8 Å². The largest absolute Gasteiger partial charge is 0.479 e. The van der Waals surface area contributed by atoms with Crippen molar-refractivity contribution in [2.24, 2.45) is 0 Å². The maximum atomic E-state index is 13.5. The summed E-state index contributed by atoms with van der Waals surface area (Å²) in [5.41, 5.74) is 3.94. The molecule has 5 rings (SSSR count). The van der Waals surface area contributed by atoms with Crippen LogP contribution in [0, 0.1) is 0 Å². The van der Waals surface area contributed by atoms with Crippen LogP contribution < -0.4 is 10.6 Å². The number of nitrogens with one attached hydrogen (secondary N) is 2. The zero-order chi connectivity index (χ0) is 29.0. The average Bonchev–Trinajstić information content (AvgIpc) is 3.54. The highest BCUT2D eigenvalue weighted by atomic mass is 16.5. The van der Waals surface area contributed by atoms with Gasteiger partial charge in [-0.1, -0.05) is 78.9 Å². The van der Waals surface area contributed by atoms with E-state index < -0.39 is 35.7 Å². The predicted octanol–water partition coefficient (Wildman–Crippen LogP) is 3.77. The van der Waals surface area contributed by atoms with Crippen molar-refractivity contribution in [3.63, 3.8) is 0 Å². The number of fused-ring (bicyclic) bond motifs is 3. The van der Waals surface area contributed by atoms with Crippen molar-refractivity contribution in [1.29, 1.82) is 0 Å². The van der Waals surface area contributed by atoms with E-state index in [9.17, 15) is 19.5 Å². The normalized spacial score (nSPS) is 19.6. The SMILES string of the molecule is CO[C@H](C)[C@H](NC(=O)OCC1c2ccccc2-c2ccccc21)C(=O)NC1(C(=O)O)CCN(Cc2ccccc2)C1. The summed E-state index contributed by atoms with van der Waals surface area (Å²) >= 11 is 0. The molecule has 0 saturated carbocycles. The molecule has 0 spiro atoms. The first kappa shape index (κ1) is 28.3. The molecule has 9 nitrogen and oxygen atoms in total. The van der Waals surface area contributed by atoms with Crippen LogP contribution in [0.4, 0.5) is 4.79 Å². The zero-order valence-electron chi connectivity index (χ0n) is 23.2.